The highest BCUT2D eigenvalue weighted by Crippen LogP contribution is 2.12. The summed E-state index contributed by atoms with van der Waals surface area (Å²) >= 11 is 0. The normalized spacial score (nSPS) is 10.0. The summed E-state index contributed by atoms with van der Waals surface area (Å²) in [4.78, 5) is 23.0. The van der Waals surface area contributed by atoms with Crippen molar-refractivity contribution in [3.8, 4) is 5.75 Å². The zero-order valence-electron chi connectivity index (χ0n) is 10.6. The molecule has 19 heavy (non-hydrogen) atoms. The van der Waals surface area contributed by atoms with Crippen LogP contribution in [-0.2, 0) is 9.59 Å². The van der Waals surface area contributed by atoms with Gasteiger partial charge in [0.05, 0.1) is 6.61 Å². The Morgan fingerprint density at radius 1 is 1.42 bits per heavy atom. The molecular formula is C13H16FNO4. The van der Waals surface area contributed by atoms with E-state index in [2.05, 4.69) is 0 Å². The molecule has 0 atom stereocenters. The molecule has 0 bridgehead atoms. The van der Waals surface area contributed by atoms with E-state index in [1.165, 1.54) is 25.2 Å². The second-order valence-corrected chi connectivity index (χ2v) is 4.05. The molecule has 104 valence electrons. The predicted molar refractivity (Wildman–Crippen MR) is 66.4 cm³/mol. The van der Waals surface area contributed by atoms with Crippen LogP contribution in [-0.4, -0.2) is 42.1 Å². The Bertz CT molecular complexity index is 450. The third-order valence-electron chi connectivity index (χ3n) is 2.40. The minimum absolute atomic E-state index is 0.194. The molecule has 0 aliphatic rings. The molecule has 0 radical (unpaired) electrons. The van der Waals surface area contributed by atoms with Gasteiger partial charge in [0.15, 0.2) is 0 Å². The molecule has 0 aromatic heterocycles. The highest BCUT2D eigenvalue weighted by molar-refractivity contribution is 5.80. The Hall–Kier alpha value is -2.11. The number of carbonyl (C=O) groups excluding carboxylic acids is 1. The molecule has 0 unspecified atom stereocenters. The molecule has 1 amide bonds. The van der Waals surface area contributed by atoms with Crippen molar-refractivity contribution in [2.75, 3.05) is 20.2 Å². The molecule has 5 nitrogen and oxygen atoms in total. The maximum atomic E-state index is 12.8. The third kappa shape index (κ3) is 5.85. The number of halogens is 1. The molecule has 1 N–H and O–H groups in total. The number of nitrogens with zero attached hydrogens (tertiary/aromatic N) is 1. The maximum Gasteiger partial charge on any atom is 0.323 e. The Morgan fingerprint density at radius 2 is 2.16 bits per heavy atom. The summed E-state index contributed by atoms with van der Waals surface area (Å²) in [5, 5.41) is 8.52. The molecule has 6 heteroatoms. The van der Waals surface area contributed by atoms with Gasteiger partial charge in [-0.05, 0) is 18.6 Å². The SMILES string of the molecule is CN(CC(=O)O)C(=O)CCCOc1cccc(F)c1. The van der Waals surface area contributed by atoms with Gasteiger partial charge in [-0.25, -0.2) is 4.39 Å². The first-order chi connectivity index (χ1) is 8.99. The fourth-order valence-electron chi connectivity index (χ4n) is 1.45. The first-order valence-corrected chi connectivity index (χ1v) is 5.83. The lowest BCUT2D eigenvalue weighted by Gasteiger charge is -2.14. The van der Waals surface area contributed by atoms with Crippen molar-refractivity contribution >= 4 is 11.9 Å². The molecule has 1 rings (SSSR count). The van der Waals surface area contributed by atoms with Crippen LogP contribution in [0.15, 0.2) is 24.3 Å². The average molecular weight is 269 g/mol. The van der Waals surface area contributed by atoms with E-state index in [4.69, 9.17) is 9.84 Å². The van der Waals surface area contributed by atoms with E-state index in [1.807, 2.05) is 0 Å². The molecule has 0 fully saturated rings. The van der Waals surface area contributed by atoms with Crippen LogP contribution in [0.3, 0.4) is 0 Å². The van der Waals surface area contributed by atoms with Crippen LogP contribution in [0.4, 0.5) is 4.39 Å². The highest BCUT2D eigenvalue weighted by atomic mass is 19.1. The van der Waals surface area contributed by atoms with Crippen LogP contribution in [0.1, 0.15) is 12.8 Å². The standard InChI is InChI=1S/C13H16FNO4/c1-15(9-13(17)18)12(16)6-3-7-19-11-5-2-4-10(14)8-11/h2,4-5,8H,3,6-7,9H2,1H3,(H,17,18). The Morgan fingerprint density at radius 3 is 2.79 bits per heavy atom. The van der Waals surface area contributed by atoms with Crippen LogP contribution >= 0.6 is 0 Å². The lowest BCUT2D eigenvalue weighted by molar-refractivity contribution is -0.143. The minimum Gasteiger partial charge on any atom is -0.493 e. The van der Waals surface area contributed by atoms with Crippen LogP contribution in [0.25, 0.3) is 0 Å². The molecule has 0 saturated heterocycles. The number of aliphatic carboxylic acids is 1. The quantitative estimate of drug-likeness (QED) is 0.762. The summed E-state index contributed by atoms with van der Waals surface area (Å²) in [5.74, 6) is -1.28. The number of rotatable bonds is 7. The zero-order chi connectivity index (χ0) is 14.3. The van der Waals surface area contributed by atoms with E-state index < -0.39 is 5.97 Å². The van der Waals surface area contributed by atoms with E-state index in [9.17, 15) is 14.0 Å². The molecule has 0 heterocycles. The fraction of sp³-hybridized carbons (Fsp3) is 0.385. The molecule has 1 aromatic carbocycles. The van der Waals surface area contributed by atoms with E-state index >= 15 is 0 Å². The van der Waals surface area contributed by atoms with E-state index in [1.54, 1.807) is 6.07 Å². The van der Waals surface area contributed by atoms with Gasteiger partial charge in [0, 0.05) is 19.5 Å². The van der Waals surface area contributed by atoms with Crippen LogP contribution < -0.4 is 4.74 Å². The summed E-state index contributed by atoms with van der Waals surface area (Å²) in [5.41, 5.74) is 0. The van der Waals surface area contributed by atoms with Crippen molar-refractivity contribution in [2.45, 2.75) is 12.8 Å². The number of hydrogen-bond donors (Lipinski definition) is 1. The monoisotopic (exact) mass is 269 g/mol. The minimum atomic E-state index is -1.05. The van der Waals surface area contributed by atoms with E-state index in [0.717, 1.165) is 4.90 Å². The summed E-state index contributed by atoms with van der Waals surface area (Å²) in [6.07, 6.45) is 0.637. The number of likely N-dealkylation sites (N-methyl/N-ethyl adjacent to an activating group) is 1. The van der Waals surface area contributed by atoms with Crippen LogP contribution in [0, 0.1) is 5.82 Å². The first kappa shape index (κ1) is 14.9. The highest BCUT2D eigenvalue weighted by Gasteiger charge is 2.11. The van der Waals surface area contributed by atoms with Gasteiger partial charge in [-0.3, -0.25) is 9.59 Å². The number of ether oxygens (including phenoxy) is 1. The first-order valence-electron chi connectivity index (χ1n) is 5.83. The van der Waals surface area contributed by atoms with Crippen LogP contribution in [0.2, 0.25) is 0 Å². The smallest absolute Gasteiger partial charge is 0.323 e. The maximum absolute atomic E-state index is 12.8. The molecular weight excluding hydrogens is 253 g/mol. The van der Waals surface area contributed by atoms with Gasteiger partial charge < -0.3 is 14.7 Å². The lowest BCUT2D eigenvalue weighted by atomic mass is 10.3. The summed E-state index contributed by atoms with van der Waals surface area (Å²) in [6.45, 7) is -0.0420. The second-order valence-electron chi connectivity index (χ2n) is 4.05. The number of carbonyl (C=O) groups is 2. The summed E-state index contributed by atoms with van der Waals surface area (Å²) < 4.78 is 18.1. The predicted octanol–water partition coefficient (Wildman–Crippen LogP) is 1.53. The van der Waals surface area contributed by atoms with E-state index in [-0.39, 0.29) is 31.3 Å². The van der Waals surface area contributed by atoms with Gasteiger partial charge in [-0.2, -0.15) is 0 Å². The van der Waals surface area contributed by atoms with E-state index in [0.29, 0.717) is 12.2 Å². The number of carboxylic acid groups (broad SMARTS) is 1. The van der Waals surface area contributed by atoms with Crippen molar-refractivity contribution in [3.63, 3.8) is 0 Å². The molecule has 0 spiro atoms. The summed E-state index contributed by atoms with van der Waals surface area (Å²) in [7, 11) is 1.43. The molecule has 1 aromatic rings. The molecule has 0 aliphatic heterocycles. The Balaban J connectivity index is 2.23. The van der Waals surface area contributed by atoms with Gasteiger partial charge in [0.2, 0.25) is 5.91 Å². The number of benzene rings is 1. The third-order valence-corrected chi connectivity index (χ3v) is 2.40. The van der Waals surface area contributed by atoms with Gasteiger partial charge >= 0.3 is 5.97 Å². The van der Waals surface area contributed by atoms with Gasteiger partial charge in [-0.1, -0.05) is 6.07 Å². The van der Waals surface area contributed by atoms with Crippen LogP contribution in [0.5, 0.6) is 5.75 Å². The van der Waals surface area contributed by atoms with Crippen molar-refractivity contribution in [1.29, 1.82) is 0 Å². The van der Waals surface area contributed by atoms with Gasteiger partial charge in [0.25, 0.3) is 0 Å². The molecule has 0 aliphatic carbocycles. The fourth-order valence-corrected chi connectivity index (χ4v) is 1.45. The Labute approximate surface area is 110 Å². The van der Waals surface area contributed by atoms with Crippen molar-refractivity contribution < 1.29 is 23.8 Å². The summed E-state index contributed by atoms with van der Waals surface area (Å²) in [6, 6.07) is 5.74. The Kier molecular flexibility index (Phi) is 5.78. The zero-order valence-corrected chi connectivity index (χ0v) is 10.6. The number of carboxylic acids is 1. The van der Waals surface area contributed by atoms with Crippen molar-refractivity contribution in [1.82, 2.24) is 4.90 Å². The van der Waals surface area contributed by atoms with Crippen molar-refractivity contribution in [2.24, 2.45) is 0 Å². The topological polar surface area (TPSA) is 66.8 Å². The van der Waals surface area contributed by atoms with Crippen molar-refractivity contribution in [3.05, 3.63) is 30.1 Å². The largest absolute Gasteiger partial charge is 0.493 e. The number of amides is 1. The van der Waals surface area contributed by atoms with Gasteiger partial charge in [0.1, 0.15) is 18.1 Å². The van der Waals surface area contributed by atoms with Gasteiger partial charge in [-0.15, -0.1) is 0 Å². The number of hydrogen-bond acceptors (Lipinski definition) is 3. The average Bonchev–Trinajstić information content (AvgIpc) is 2.33. The molecule has 0 saturated carbocycles. The second kappa shape index (κ2) is 7.35. The lowest BCUT2D eigenvalue weighted by Crippen LogP contribution is -2.31.